The Bertz CT molecular complexity index is 1300. The molecule has 2 aromatic heterocycles. The molecule has 4 rings (SSSR count). The van der Waals surface area contributed by atoms with Crippen LogP contribution < -0.4 is 11.2 Å². The van der Waals surface area contributed by atoms with Crippen LogP contribution in [0.1, 0.15) is 34.8 Å². The van der Waals surface area contributed by atoms with E-state index in [1.807, 2.05) is 54.8 Å². The van der Waals surface area contributed by atoms with Gasteiger partial charge in [0.05, 0.1) is 11.9 Å². The van der Waals surface area contributed by atoms with Gasteiger partial charge in [-0.25, -0.2) is 4.79 Å². The first-order chi connectivity index (χ1) is 14.6. The third kappa shape index (κ3) is 3.91. The van der Waals surface area contributed by atoms with Crippen molar-refractivity contribution in [2.75, 3.05) is 0 Å². The Morgan fingerprint density at radius 3 is 2.33 bits per heavy atom. The van der Waals surface area contributed by atoms with Crippen molar-refractivity contribution in [2.24, 2.45) is 0 Å². The number of nitrogens with zero attached hydrogens (tertiary/aromatic N) is 2. The van der Waals surface area contributed by atoms with Crippen molar-refractivity contribution in [3.8, 4) is 0 Å². The molecule has 6 heteroatoms. The number of aryl methyl sites for hydroxylation is 1. The molecule has 0 aliphatic carbocycles. The van der Waals surface area contributed by atoms with Gasteiger partial charge in [0, 0.05) is 18.5 Å². The van der Waals surface area contributed by atoms with Crippen LogP contribution in [0.2, 0.25) is 0 Å². The highest BCUT2D eigenvalue weighted by molar-refractivity contribution is 7.16. The lowest BCUT2D eigenvalue weighted by molar-refractivity contribution is 0.0988. The van der Waals surface area contributed by atoms with Crippen LogP contribution in [-0.4, -0.2) is 14.9 Å². The highest BCUT2D eigenvalue weighted by Gasteiger charge is 2.15. The molecule has 0 spiro atoms. The van der Waals surface area contributed by atoms with Crippen LogP contribution >= 0.6 is 11.3 Å². The SMILES string of the molecule is CCC(=O)c1ccc(Cn2c(=O)n(CCc3ccccc3)c(=O)c3ccsc32)cc1. The maximum atomic E-state index is 13.2. The Hall–Kier alpha value is -3.25. The number of hydrogen-bond donors (Lipinski definition) is 0. The smallest absolute Gasteiger partial charge is 0.294 e. The fraction of sp³-hybridized carbons (Fsp3) is 0.208. The molecule has 2 heterocycles. The van der Waals surface area contributed by atoms with Gasteiger partial charge in [-0.05, 0) is 29.0 Å². The first-order valence-corrected chi connectivity index (χ1v) is 10.8. The number of benzene rings is 2. The van der Waals surface area contributed by atoms with Gasteiger partial charge in [-0.2, -0.15) is 0 Å². The van der Waals surface area contributed by atoms with Gasteiger partial charge in [0.1, 0.15) is 4.83 Å². The minimum absolute atomic E-state index is 0.0915. The zero-order chi connectivity index (χ0) is 21.1. The molecular weight excluding hydrogens is 396 g/mol. The van der Waals surface area contributed by atoms with Crippen LogP contribution in [0, 0.1) is 0 Å². The summed E-state index contributed by atoms with van der Waals surface area (Å²) in [7, 11) is 0. The summed E-state index contributed by atoms with van der Waals surface area (Å²) < 4.78 is 2.99. The maximum Gasteiger partial charge on any atom is 0.332 e. The van der Waals surface area contributed by atoms with Crippen molar-refractivity contribution in [1.29, 1.82) is 0 Å². The quantitative estimate of drug-likeness (QED) is 0.425. The Morgan fingerprint density at radius 1 is 0.900 bits per heavy atom. The largest absolute Gasteiger partial charge is 0.332 e. The summed E-state index contributed by atoms with van der Waals surface area (Å²) >= 11 is 1.39. The molecule has 0 saturated heterocycles. The van der Waals surface area contributed by atoms with Crippen LogP contribution in [0.3, 0.4) is 0 Å². The van der Waals surface area contributed by atoms with Crippen LogP contribution in [0.15, 0.2) is 75.6 Å². The number of hydrogen-bond acceptors (Lipinski definition) is 4. The molecule has 30 heavy (non-hydrogen) atoms. The van der Waals surface area contributed by atoms with E-state index >= 15 is 0 Å². The van der Waals surface area contributed by atoms with E-state index in [0.717, 1.165) is 11.1 Å². The van der Waals surface area contributed by atoms with Gasteiger partial charge < -0.3 is 0 Å². The van der Waals surface area contributed by atoms with Crippen molar-refractivity contribution in [2.45, 2.75) is 32.9 Å². The maximum absolute atomic E-state index is 13.2. The third-order valence-corrected chi connectivity index (χ3v) is 6.17. The molecule has 2 aromatic carbocycles. The lowest BCUT2D eigenvalue weighted by Crippen LogP contribution is -2.40. The van der Waals surface area contributed by atoms with E-state index in [1.165, 1.54) is 15.9 Å². The van der Waals surface area contributed by atoms with E-state index in [1.54, 1.807) is 22.8 Å². The van der Waals surface area contributed by atoms with Crippen LogP contribution in [0.4, 0.5) is 0 Å². The Labute approximate surface area is 177 Å². The average molecular weight is 419 g/mol. The average Bonchev–Trinajstić information content (AvgIpc) is 3.27. The normalized spacial score (nSPS) is 11.1. The second-order valence-electron chi connectivity index (χ2n) is 7.17. The number of carbonyl (C=O) groups excluding carboxylic acids is 1. The van der Waals surface area contributed by atoms with E-state index in [0.29, 0.717) is 41.7 Å². The molecule has 0 bridgehead atoms. The first kappa shape index (κ1) is 20.0. The standard InChI is InChI=1S/C24H22N2O3S/c1-2-21(27)19-10-8-18(9-11-19)16-26-23-20(13-15-30-23)22(28)25(24(26)29)14-12-17-6-4-3-5-7-17/h3-11,13,15H,2,12,14,16H2,1H3. The Kier molecular flexibility index (Phi) is 5.77. The van der Waals surface area contributed by atoms with Crippen molar-refractivity contribution in [3.63, 3.8) is 0 Å². The lowest BCUT2D eigenvalue weighted by atomic mass is 10.1. The topological polar surface area (TPSA) is 61.1 Å². The summed E-state index contributed by atoms with van der Waals surface area (Å²) in [6.07, 6.45) is 1.07. The van der Waals surface area contributed by atoms with Crippen molar-refractivity contribution >= 4 is 27.3 Å². The fourth-order valence-electron chi connectivity index (χ4n) is 3.54. The summed E-state index contributed by atoms with van der Waals surface area (Å²) in [4.78, 5) is 38.7. The molecule has 0 saturated carbocycles. The van der Waals surface area contributed by atoms with Crippen molar-refractivity contribution in [3.05, 3.63) is 104 Å². The predicted octanol–water partition coefficient (Wildman–Crippen LogP) is 4.11. The molecule has 0 atom stereocenters. The molecule has 0 radical (unpaired) electrons. The van der Waals surface area contributed by atoms with Gasteiger partial charge in [-0.1, -0.05) is 61.5 Å². The molecule has 152 valence electrons. The number of fused-ring (bicyclic) bond motifs is 1. The number of rotatable bonds is 7. The molecular formula is C24H22N2O3S. The minimum Gasteiger partial charge on any atom is -0.294 e. The zero-order valence-electron chi connectivity index (χ0n) is 16.7. The highest BCUT2D eigenvalue weighted by atomic mass is 32.1. The van der Waals surface area contributed by atoms with E-state index in [2.05, 4.69) is 0 Å². The summed E-state index contributed by atoms with van der Waals surface area (Å²) in [6.45, 7) is 2.52. The molecule has 0 amide bonds. The Balaban J connectivity index is 1.70. The number of carbonyl (C=O) groups is 1. The van der Waals surface area contributed by atoms with Gasteiger partial charge in [0.25, 0.3) is 5.56 Å². The zero-order valence-corrected chi connectivity index (χ0v) is 17.5. The summed E-state index contributed by atoms with van der Waals surface area (Å²) in [5.74, 6) is 0.0915. The van der Waals surface area contributed by atoms with Crippen LogP contribution in [0.5, 0.6) is 0 Å². The number of ketones is 1. The van der Waals surface area contributed by atoms with Crippen LogP contribution in [-0.2, 0) is 19.5 Å². The minimum atomic E-state index is -0.306. The summed E-state index contributed by atoms with van der Waals surface area (Å²) in [6, 6.07) is 18.9. The molecule has 0 fully saturated rings. The lowest BCUT2D eigenvalue weighted by Gasteiger charge is -2.12. The molecule has 0 aliphatic heterocycles. The van der Waals surface area contributed by atoms with Crippen molar-refractivity contribution in [1.82, 2.24) is 9.13 Å². The van der Waals surface area contributed by atoms with Gasteiger partial charge in [0.15, 0.2) is 5.78 Å². The van der Waals surface area contributed by atoms with E-state index in [9.17, 15) is 14.4 Å². The molecule has 0 aliphatic rings. The second kappa shape index (κ2) is 8.63. The van der Waals surface area contributed by atoms with E-state index in [-0.39, 0.29) is 17.0 Å². The van der Waals surface area contributed by atoms with Crippen LogP contribution in [0.25, 0.3) is 10.2 Å². The van der Waals surface area contributed by atoms with Gasteiger partial charge in [0.2, 0.25) is 0 Å². The van der Waals surface area contributed by atoms with E-state index in [4.69, 9.17) is 0 Å². The Morgan fingerprint density at radius 2 is 1.63 bits per heavy atom. The molecule has 0 N–H and O–H groups in total. The number of thiophene rings is 1. The molecule has 5 nitrogen and oxygen atoms in total. The summed E-state index contributed by atoms with van der Waals surface area (Å²) in [5, 5.41) is 2.40. The van der Waals surface area contributed by atoms with Gasteiger partial charge in [-0.15, -0.1) is 11.3 Å². The molecule has 0 unspecified atom stereocenters. The van der Waals surface area contributed by atoms with E-state index < -0.39 is 0 Å². The second-order valence-corrected chi connectivity index (χ2v) is 8.07. The first-order valence-electron chi connectivity index (χ1n) is 9.95. The fourth-order valence-corrected chi connectivity index (χ4v) is 4.43. The predicted molar refractivity (Wildman–Crippen MR) is 121 cm³/mol. The highest BCUT2D eigenvalue weighted by Crippen LogP contribution is 2.17. The van der Waals surface area contributed by atoms with Crippen molar-refractivity contribution < 1.29 is 4.79 Å². The summed E-state index contributed by atoms with van der Waals surface area (Å²) in [5.41, 5.74) is 2.11. The monoisotopic (exact) mass is 418 g/mol. The van der Waals surface area contributed by atoms with Gasteiger partial charge >= 0.3 is 5.69 Å². The molecule has 4 aromatic rings. The number of Topliss-reactive ketones (excluding diaryl/α,β-unsaturated/α-hetero) is 1. The third-order valence-electron chi connectivity index (χ3n) is 5.23. The van der Waals surface area contributed by atoms with Gasteiger partial charge in [-0.3, -0.25) is 18.7 Å². The number of aromatic nitrogens is 2.